The van der Waals surface area contributed by atoms with Gasteiger partial charge in [0.25, 0.3) is 5.56 Å². The summed E-state index contributed by atoms with van der Waals surface area (Å²) in [5.74, 6) is -1.88. The van der Waals surface area contributed by atoms with E-state index in [0.29, 0.717) is 27.6 Å². The number of nitrogens with zero attached hydrogens (tertiary/aromatic N) is 1. The molecule has 1 N–H and O–H groups in total. The summed E-state index contributed by atoms with van der Waals surface area (Å²) < 4.78 is 34.8. The molecule has 0 fully saturated rings. The molecule has 0 saturated heterocycles. The number of pyridine rings is 1. The maximum absolute atomic E-state index is 14.3. The minimum atomic E-state index is -0.856. The smallest absolute Gasteiger partial charge is 0.258 e. The summed E-state index contributed by atoms with van der Waals surface area (Å²) in [7, 11) is 1.63. The molecule has 0 spiro atoms. The van der Waals surface area contributed by atoms with Crippen molar-refractivity contribution >= 4 is 22.4 Å². The number of carbonyl (C=O) groups is 1. The lowest BCUT2D eigenvalue weighted by molar-refractivity contribution is -0.111. The molecule has 0 bridgehead atoms. The number of amides is 1. The number of carbonyl (C=O) groups excluding carboxylic acids is 1. The van der Waals surface area contributed by atoms with Gasteiger partial charge in [-0.25, -0.2) is 8.78 Å². The van der Waals surface area contributed by atoms with Gasteiger partial charge >= 0.3 is 0 Å². The van der Waals surface area contributed by atoms with Crippen LogP contribution >= 0.6 is 0 Å². The molecule has 4 aromatic rings. The topological polar surface area (TPSA) is 60.3 Å². The number of hydrogen-bond donors (Lipinski definition) is 1. The number of rotatable bonds is 5. The number of benzene rings is 3. The number of nitrogens with one attached hydrogen (secondary N) is 1. The molecule has 1 aromatic heterocycles. The first kappa shape index (κ1) is 21.0. The van der Waals surface area contributed by atoms with Gasteiger partial charge < -0.3 is 14.6 Å². The molecule has 3 aromatic carbocycles. The predicted molar refractivity (Wildman–Crippen MR) is 120 cm³/mol. The quantitative estimate of drug-likeness (QED) is 0.430. The van der Waals surface area contributed by atoms with Crippen LogP contribution in [-0.2, 0) is 11.8 Å². The molecule has 0 unspecified atom stereocenters. The van der Waals surface area contributed by atoms with Gasteiger partial charge in [0.2, 0.25) is 5.91 Å². The van der Waals surface area contributed by atoms with E-state index in [9.17, 15) is 18.4 Å². The number of hydrogen-bond acceptors (Lipinski definition) is 3. The Labute approximate surface area is 182 Å². The molecule has 7 heteroatoms. The van der Waals surface area contributed by atoms with Crippen LogP contribution in [0.3, 0.4) is 0 Å². The minimum Gasteiger partial charge on any atom is -0.454 e. The van der Waals surface area contributed by atoms with Crippen LogP contribution in [0.15, 0.2) is 84.3 Å². The van der Waals surface area contributed by atoms with E-state index in [1.165, 1.54) is 10.6 Å². The normalized spacial score (nSPS) is 10.7. The van der Waals surface area contributed by atoms with Crippen LogP contribution in [0, 0.1) is 11.6 Å². The van der Waals surface area contributed by atoms with Crippen molar-refractivity contribution < 1.29 is 18.3 Å². The van der Waals surface area contributed by atoms with E-state index in [1.807, 2.05) is 0 Å². The Morgan fingerprint density at radius 3 is 2.44 bits per heavy atom. The van der Waals surface area contributed by atoms with Crippen LogP contribution in [0.2, 0.25) is 0 Å². The highest BCUT2D eigenvalue weighted by molar-refractivity contribution is 6.01. The molecule has 0 atom stereocenters. The molecule has 0 aliphatic carbocycles. The SMILES string of the molecule is C=CC(=O)Nc1ccc(Oc2ccc(F)cc2F)c(-c2cn(C)c(=O)c3ccccc23)c1. The Hall–Kier alpha value is -4.26. The average molecular weight is 432 g/mol. The largest absolute Gasteiger partial charge is 0.454 e. The average Bonchev–Trinajstić information content (AvgIpc) is 2.79. The first-order valence-electron chi connectivity index (χ1n) is 9.66. The maximum Gasteiger partial charge on any atom is 0.258 e. The zero-order chi connectivity index (χ0) is 22.8. The van der Waals surface area contributed by atoms with Gasteiger partial charge in [0.05, 0.1) is 0 Å². The standard InChI is InChI=1S/C25H18F2N2O3/c1-3-24(30)28-16-9-11-22(32-23-10-8-15(26)12-21(23)27)19(13-16)20-14-29(2)25(31)18-7-5-4-6-17(18)20/h3-14H,1H2,2H3,(H,28,30). The molecule has 160 valence electrons. The van der Waals surface area contributed by atoms with Crippen molar-refractivity contribution in [2.75, 3.05) is 5.32 Å². The first-order valence-corrected chi connectivity index (χ1v) is 9.66. The number of halogens is 2. The van der Waals surface area contributed by atoms with Crippen molar-refractivity contribution in [1.29, 1.82) is 0 Å². The molecule has 1 amide bonds. The fourth-order valence-corrected chi connectivity index (χ4v) is 3.41. The molecular formula is C25H18F2N2O3. The number of fused-ring (bicyclic) bond motifs is 1. The molecule has 1 heterocycles. The van der Waals surface area contributed by atoms with Gasteiger partial charge in [0.15, 0.2) is 11.6 Å². The van der Waals surface area contributed by atoms with Crippen LogP contribution < -0.4 is 15.6 Å². The molecule has 0 radical (unpaired) electrons. The van der Waals surface area contributed by atoms with E-state index in [2.05, 4.69) is 11.9 Å². The van der Waals surface area contributed by atoms with Crippen molar-refractivity contribution in [3.8, 4) is 22.6 Å². The van der Waals surface area contributed by atoms with Crippen LogP contribution in [0.1, 0.15) is 0 Å². The van der Waals surface area contributed by atoms with E-state index < -0.39 is 17.5 Å². The van der Waals surface area contributed by atoms with Gasteiger partial charge in [-0.3, -0.25) is 9.59 Å². The summed E-state index contributed by atoms with van der Waals surface area (Å²) in [5.41, 5.74) is 1.42. The highest BCUT2D eigenvalue weighted by atomic mass is 19.1. The van der Waals surface area contributed by atoms with Gasteiger partial charge in [0, 0.05) is 41.5 Å². The Morgan fingerprint density at radius 2 is 1.72 bits per heavy atom. The summed E-state index contributed by atoms with van der Waals surface area (Å²) in [5, 5.41) is 3.83. The monoisotopic (exact) mass is 432 g/mol. The lowest BCUT2D eigenvalue weighted by Crippen LogP contribution is -2.16. The Kier molecular flexibility index (Phi) is 5.55. The molecule has 0 aliphatic rings. The molecular weight excluding hydrogens is 414 g/mol. The van der Waals surface area contributed by atoms with Gasteiger partial charge in [-0.1, -0.05) is 24.8 Å². The Balaban J connectivity index is 1.94. The highest BCUT2D eigenvalue weighted by Gasteiger charge is 2.16. The lowest BCUT2D eigenvalue weighted by Gasteiger charge is -2.16. The lowest BCUT2D eigenvalue weighted by atomic mass is 9.99. The summed E-state index contributed by atoms with van der Waals surface area (Å²) in [6.45, 7) is 3.44. The van der Waals surface area contributed by atoms with Crippen molar-refractivity contribution in [3.63, 3.8) is 0 Å². The van der Waals surface area contributed by atoms with Crippen LogP contribution in [0.5, 0.6) is 11.5 Å². The summed E-state index contributed by atoms with van der Waals surface area (Å²) in [6.07, 6.45) is 2.78. The third-order valence-corrected chi connectivity index (χ3v) is 4.93. The fraction of sp³-hybridized carbons (Fsp3) is 0.0400. The predicted octanol–water partition coefficient (Wildman–Crippen LogP) is 5.40. The fourth-order valence-electron chi connectivity index (χ4n) is 3.41. The van der Waals surface area contributed by atoms with Crippen molar-refractivity contribution in [2.45, 2.75) is 0 Å². The van der Waals surface area contributed by atoms with Gasteiger partial charge in [0.1, 0.15) is 11.6 Å². The molecule has 32 heavy (non-hydrogen) atoms. The van der Waals surface area contributed by atoms with E-state index in [-0.39, 0.29) is 17.1 Å². The number of ether oxygens (including phenoxy) is 1. The van der Waals surface area contributed by atoms with Crippen molar-refractivity contribution in [2.24, 2.45) is 7.05 Å². The van der Waals surface area contributed by atoms with Gasteiger partial charge in [-0.05, 0) is 47.9 Å². The first-order chi connectivity index (χ1) is 15.4. The summed E-state index contributed by atoms with van der Waals surface area (Å²) in [6, 6.07) is 14.9. The van der Waals surface area contributed by atoms with E-state index in [1.54, 1.807) is 55.7 Å². The summed E-state index contributed by atoms with van der Waals surface area (Å²) >= 11 is 0. The number of aryl methyl sites for hydroxylation is 1. The zero-order valence-electron chi connectivity index (χ0n) is 17.1. The number of aromatic nitrogens is 1. The van der Waals surface area contributed by atoms with E-state index in [4.69, 9.17) is 4.74 Å². The van der Waals surface area contributed by atoms with Crippen LogP contribution in [-0.4, -0.2) is 10.5 Å². The molecule has 4 rings (SSSR count). The molecule has 5 nitrogen and oxygen atoms in total. The second-order valence-electron chi connectivity index (χ2n) is 7.09. The third-order valence-electron chi connectivity index (χ3n) is 4.93. The Bertz CT molecular complexity index is 1430. The highest BCUT2D eigenvalue weighted by Crippen LogP contribution is 2.39. The Morgan fingerprint density at radius 1 is 1.00 bits per heavy atom. The van der Waals surface area contributed by atoms with Crippen molar-refractivity contribution in [1.82, 2.24) is 4.57 Å². The molecule has 0 saturated carbocycles. The van der Waals surface area contributed by atoms with Crippen molar-refractivity contribution in [3.05, 3.63) is 102 Å². The van der Waals surface area contributed by atoms with Gasteiger partial charge in [-0.15, -0.1) is 0 Å². The second-order valence-corrected chi connectivity index (χ2v) is 7.09. The zero-order valence-corrected chi connectivity index (χ0v) is 17.1. The minimum absolute atomic E-state index is 0.162. The third kappa shape index (κ3) is 4.00. The van der Waals surface area contributed by atoms with Gasteiger partial charge in [-0.2, -0.15) is 0 Å². The number of anilines is 1. The van der Waals surface area contributed by atoms with E-state index >= 15 is 0 Å². The molecule has 0 aliphatic heterocycles. The summed E-state index contributed by atoms with van der Waals surface area (Å²) in [4.78, 5) is 24.4. The van der Waals surface area contributed by atoms with Crippen LogP contribution in [0.4, 0.5) is 14.5 Å². The second kappa shape index (κ2) is 8.47. The maximum atomic E-state index is 14.3. The van der Waals surface area contributed by atoms with Crippen LogP contribution in [0.25, 0.3) is 21.9 Å². The van der Waals surface area contributed by atoms with E-state index in [0.717, 1.165) is 18.2 Å².